The maximum atomic E-state index is 13.6. The predicted molar refractivity (Wildman–Crippen MR) is 118 cm³/mol. The second kappa shape index (κ2) is 9.53. The van der Waals surface area contributed by atoms with E-state index in [0.29, 0.717) is 44.8 Å². The molecule has 1 fully saturated rings. The molecule has 7 nitrogen and oxygen atoms in total. The molecule has 2 aliphatic heterocycles. The first-order valence-corrected chi connectivity index (χ1v) is 10.9. The van der Waals surface area contributed by atoms with E-state index < -0.39 is 5.41 Å². The quantitative estimate of drug-likeness (QED) is 0.493. The van der Waals surface area contributed by atoms with Gasteiger partial charge < -0.3 is 14.4 Å². The van der Waals surface area contributed by atoms with E-state index in [2.05, 4.69) is 0 Å². The van der Waals surface area contributed by atoms with Crippen molar-refractivity contribution in [2.75, 3.05) is 33.4 Å². The van der Waals surface area contributed by atoms with Gasteiger partial charge in [-0.1, -0.05) is 48.5 Å². The lowest BCUT2D eigenvalue weighted by molar-refractivity contribution is -0.143. The van der Waals surface area contributed by atoms with Gasteiger partial charge in [-0.25, -0.2) is 0 Å². The molecule has 2 aromatic rings. The molecule has 1 unspecified atom stereocenters. The van der Waals surface area contributed by atoms with Crippen molar-refractivity contribution in [1.29, 1.82) is 0 Å². The van der Waals surface area contributed by atoms with Crippen LogP contribution >= 0.6 is 0 Å². The zero-order valence-electron chi connectivity index (χ0n) is 18.3. The number of likely N-dealkylation sites (tertiary alicyclic amines) is 1. The normalized spacial score (nSPS) is 20.7. The fourth-order valence-electron chi connectivity index (χ4n) is 4.53. The van der Waals surface area contributed by atoms with Crippen LogP contribution in [-0.4, -0.2) is 60.9 Å². The van der Waals surface area contributed by atoms with Crippen molar-refractivity contribution in [3.05, 3.63) is 65.7 Å². The molecule has 7 heteroatoms. The molecule has 32 heavy (non-hydrogen) atoms. The Morgan fingerprint density at radius 1 is 1.09 bits per heavy atom. The number of rotatable bonds is 7. The molecule has 4 rings (SSSR count). The number of hydrogen-bond donors (Lipinski definition) is 0. The van der Waals surface area contributed by atoms with Crippen molar-refractivity contribution in [2.24, 2.45) is 0 Å². The number of ether oxygens (including phenoxy) is 2. The first-order chi connectivity index (χ1) is 15.5. The number of imide groups is 1. The number of amides is 3. The number of benzene rings is 2. The third-order valence-corrected chi connectivity index (χ3v) is 6.22. The Morgan fingerprint density at radius 3 is 2.62 bits per heavy atom. The molecule has 0 aromatic heterocycles. The average molecular weight is 437 g/mol. The molecular formula is C25H28N2O5. The summed E-state index contributed by atoms with van der Waals surface area (Å²) in [5.74, 6) is 0.0722. The Kier molecular flexibility index (Phi) is 6.55. The summed E-state index contributed by atoms with van der Waals surface area (Å²) < 4.78 is 10.9. The molecule has 0 N–H and O–H groups in total. The molecule has 0 bridgehead atoms. The number of para-hydroxylation sites is 1. The van der Waals surface area contributed by atoms with E-state index >= 15 is 0 Å². The number of carbonyl (C=O) groups is 3. The number of fused-ring (bicyclic) bond motifs is 1. The summed E-state index contributed by atoms with van der Waals surface area (Å²) in [6.07, 6.45) is 0.507. The lowest BCUT2D eigenvalue weighted by atomic mass is 9.75. The highest BCUT2D eigenvalue weighted by Crippen LogP contribution is 2.40. The molecule has 2 heterocycles. The van der Waals surface area contributed by atoms with E-state index in [9.17, 15) is 14.4 Å². The van der Waals surface area contributed by atoms with Gasteiger partial charge in [0, 0.05) is 45.2 Å². The summed E-state index contributed by atoms with van der Waals surface area (Å²) in [5.41, 5.74) is 0.448. The summed E-state index contributed by atoms with van der Waals surface area (Å²) >= 11 is 0. The number of hydrogen-bond acceptors (Lipinski definition) is 5. The van der Waals surface area contributed by atoms with Gasteiger partial charge in [0.2, 0.25) is 17.7 Å². The highest BCUT2D eigenvalue weighted by atomic mass is 16.5. The molecule has 2 aromatic carbocycles. The highest BCUT2D eigenvalue weighted by Gasteiger charge is 2.53. The standard InChI is InChI=1S/C25H28N2O5/c1-31-14-7-12-27-23(29)17-25(24(27)30,20-9-3-2-4-10-20)16-22(28)26-13-15-32-21-11-6-5-8-19(21)18-26/h2-6,8-11H,7,12-18H2,1H3. The van der Waals surface area contributed by atoms with Crippen molar-refractivity contribution in [1.82, 2.24) is 9.80 Å². The molecule has 0 aliphatic carbocycles. The lowest BCUT2D eigenvalue weighted by Crippen LogP contribution is -2.44. The maximum Gasteiger partial charge on any atom is 0.240 e. The van der Waals surface area contributed by atoms with Crippen LogP contribution in [-0.2, 0) is 31.1 Å². The Hall–Kier alpha value is -3.19. The Bertz CT molecular complexity index is 993. The number of carbonyl (C=O) groups excluding carboxylic acids is 3. The maximum absolute atomic E-state index is 13.6. The monoisotopic (exact) mass is 436 g/mol. The Balaban J connectivity index is 1.60. The van der Waals surface area contributed by atoms with Gasteiger partial charge in [-0.15, -0.1) is 0 Å². The van der Waals surface area contributed by atoms with Crippen molar-refractivity contribution >= 4 is 17.7 Å². The van der Waals surface area contributed by atoms with Crippen molar-refractivity contribution in [3.8, 4) is 5.75 Å². The van der Waals surface area contributed by atoms with Crippen LogP contribution in [0.1, 0.15) is 30.4 Å². The minimum absolute atomic E-state index is 0.00447. The van der Waals surface area contributed by atoms with Gasteiger partial charge in [0.05, 0.1) is 12.0 Å². The van der Waals surface area contributed by atoms with Crippen LogP contribution in [0.3, 0.4) is 0 Å². The summed E-state index contributed by atoms with van der Waals surface area (Å²) in [7, 11) is 1.59. The van der Waals surface area contributed by atoms with Crippen LogP contribution in [0, 0.1) is 0 Å². The van der Waals surface area contributed by atoms with Crippen molar-refractivity contribution in [2.45, 2.75) is 31.2 Å². The molecule has 2 aliphatic rings. The van der Waals surface area contributed by atoms with Crippen LogP contribution in [0.15, 0.2) is 54.6 Å². The first-order valence-electron chi connectivity index (χ1n) is 10.9. The van der Waals surface area contributed by atoms with E-state index in [1.54, 1.807) is 12.0 Å². The van der Waals surface area contributed by atoms with Crippen LogP contribution in [0.4, 0.5) is 0 Å². The summed E-state index contributed by atoms with van der Waals surface area (Å²) in [4.78, 5) is 42.9. The Labute approximate surface area is 187 Å². The molecule has 0 radical (unpaired) electrons. The predicted octanol–water partition coefficient (Wildman–Crippen LogP) is 2.53. The summed E-state index contributed by atoms with van der Waals surface area (Å²) in [6.45, 7) is 1.98. The molecule has 1 saturated heterocycles. The molecule has 0 saturated carbocycles. The van der Waals surface area contributed by atoms with E-state index in [1.165, 1.54) is 4.90 Å². The lowest BCUT2D eigenvalue weighted by Gasteiger charge is -2.30. The van der Waals surface area contributed by atoms with Crippen LogP contribution in [0.25, 0.3) is 0 Å². The van der Waals surface area contributed by atoms with E-state index in [-0.39, 0.29) is 30.6 Å². The second-order valence-electron chi connectivity index (χ2n) is 8.27. The smallest absolute Gasteiger partial charge is 0.240 e. The highest BCUT2D eigenvalue weighted by molar-refractivity contribution is 6.10. The number of methoxy groups -OCH3 is 1. The summed E-state index contributed by atoms with van der Waals surface area (Å²) in [6, 6.07) is 16.9. The molecule has 168 valence electrons. The molecule has 3 amide bonds. The summed E-state index contributed by atoms with van der Waals surface area (Å²) in [5, 5.41) is 0. The zero-order chi connectivity index (χ0) is 22.6. The largest absolute Gasteiger partial charge is 0.491 e. The van der Waals surface area contributed by atoms with Gasteiger partial charge in [0.1, 0.15) is 12.4 Å². The topological polar surface area (TPSA) is 76.2 Å². The average Bonchev–Trinajstić information content (AvgIpc) is 2.96. The SMILES string of the molecule is COCCCN1C(=O)CC(CC(=O)N2CCOc3ccccc3C2)(c2ccccc2)C1=O. The van der Waals surface area contributed by atoms with Gasteiger partial charge in [-0.05, 0) is 18.1 Å². The van der Waals surface area contributed by atoms with Gasteiger partial charge in [0.15, 0.2) is 0 Å². The van der Waals surface area contributed by atoms with Crippen molar-refractivity contribution in [3.63, 3.8) is 0 Å². The second-order valence-corrected chi connectivity index (χ2v) is 8.27. The zero-order valence-corrected chi connectivity index (χ0v) is 18.3. The van der Waals surface area contributed by atoms with Gasteiger partial charge in [-0.3, -0.25) is 19.3 Å². The molecule has 1 atom stereocenters. The third-order valence-electron chi connectivity index (χ3n) is 6.22. The molecular weight excluding hydrogens is 408 g/mol. The van der Waals surface area contributed by atoms with E-state index in [4.69, 9.17) is 9.47 Å². The van der Waals surface area contributed by atoms with Crippen LogP contribution < -0.4 is 4.74 Å². The van der Waals surface area contributed by atoms with Gasteiger partial charge >= 0.3 is 0 Å². The Morgan fingerprint density at radius 2 is 1.84 bits per heavy atom. The van der Waals surface area contributed by atoms with E-state index in [0.717, 1.165) is 11.3 Å². The number of nitrogens with zero attached hydrogens (tertiary/aromatic N) is 2. The fraction of sp³-hybridized carbons (Fsp3) is 0.400. The minimum atomic E-state index is -1.19. The van der Waals surface area contributed by atoms with Crippen molar-refractivity contribution < 1.29 is 23.9 Å². The van der Waals surface area contributed by atoms with Crippen LogP contribution in [0.2, 0.25) is 0 Å². The van der Waals surface area contributed by atoms with Gasteiger partial charge in [-0.2, -0.15) is 0 Å². The fourth-order valence-corrected chi connectivity index (χ4v) is 4.53. The minimum Gasteiger partial charge on any atom is -0.491 e. The van der Waals surface area contributed by atoms with E-state index in [1.807, 2.05) is 54.6 Å². The first kappa shape index (κ1) is 22.0. The van der Waals surface area contributed by atoms with Crippen LogP contribution in [0.5, 0.6) is 5.75 Å². The molecule has 0 spiro atoms. The third kappa shape index (κ3) is 4.25. The van der Waals surface area contributed by atoms with Gasteiger partial charge in [0.25, 0.3) is 0 Å².